The summed E-state index contributed by atoms with van der Waals surface area (Å²) >= 11 is 0. The fourth-order valence-electron chi connectivity index (χ4n) is 1.28. The summed E-state index contributed by atoms with van der Waals surface area (Å²) in [7, 11) is 0. The Morgan fingerprint density at radius 2 is 2.00 bits per heavy atom. The average molecular weight is 178 g/mol. The molecule has 0 heterocycles. The molecule has 1 unspecified atom stereocenters. The lowest BCUT2D eigenvalue weighted by atomic mass is 10.0. The summed E-state index contributed by atoms with van der Waals surface area (Å²) < 4.78 is 0. The molecule has 13 heavy (non-hydrogen) atoms. The first-order valence-corrected chi connectivity index (χ1v) is 5.31. The molecule has 0 aromatic heterocycles. The minimum atomic E-state index is 0.727. The van der Waals surface area contributed by atoms with Crippen molar-refractivity contribution < 1.29 is 0 Å². The molecule has 0 nitrogen and oxygen atoms in total. The summed E-state index contributed by atoms with van der Waals surface area (Å²) in [5.41, 5.74) is 1.25. The van der Waals surface area contributed by atoms with E-state index in [2.05, 4.69) is 37.8 Å². The highest BCUT2D eigenvalue weighted by Gasteiger charge is 1.98. The summed E-state index contributed by atoms with van der Waals surface area (Å²) in [6.45, 7) is 10.2. The van der Waals surface area contributed by atoms with Crippen molar-refractivity contribution in [3.63, 3.8) is 0 Å². The molecule has 0 spiro atoms. The second-order valence-electron chi connectivity index (χ2n) is 3.27. The fraction of sp³-hybridized carbons (Fsp3) is 0.538. The Labute approximate surface area is 83.0 Å². The first-order valence-electron chi connectivity index (χ1n) is 5.31. The predicted octanol–water partition coefficient (Wildman–Crippen LogP) is 4.50. The van der Waals surface area contributed by atoms with Crippen molar-refractivity contribution in [3.8, 4) is 0 Å². The van der Waals surface area contributed by atoms with Gasteiger partial charge in [0.05, 0.1) is 0 Å². The number of hydrogen-bond donors (Lipinski definition) is 0. The van der Waals surface area contributed by atoms with E-state index in [9.17, 15) is 0 Å². The van der Waals surface area contributed by atoms with Crippen LogP contribution in [0, 0.1) is 5.92 Å². The predicted molar refractivity (Wildman–Crippen MR) is 61.8 cm³/mol. The van der Waals surface area contributed by atoms with Gasteiger partial charge in [0, 0.05) is 0 Å². The molecule has 0 aromatic carbocycles. The van der Waals surface area contributed by atoms with Gasteiger partial charge in [0.15, 0.2) is 0 Å². The molecule has 0 aliphatic heterocycles. The minimum absolute atomic E-state index is 0.727. The highest BCUT2D eigenvalue weighted by molar-refractivity contribution is 5.20. The van der Waals surface area contributed by atoms with Crippen molar-refractivity contribution in [3.05, 3.63) is 36.5 Å². The topological polar surface area (TPSA) is 0 Å². The van der Waals surface area contributed by atoms with Crippen LogP contribution in [0.2, 0.25) is 0 Å². The van der Waals surface area contributed by atoms with Gasteiger partial charge in [-0.25, -0.2) is 0 Å². The van der Waals surface area contributed by atoms with Crippen LogP contribution in [0.25, 0.3) is 0 Å². The van der Waals surface area contributed by atoms with Crippen LogP contribution < -0.4 is 0 Å². The van der Waals surface area contributed by atoms with Crippen molar-refractivity contribution >= 4 is 0 Å². The van der Waals surface area contributed by atoms with Gasteiger partial charge in [-0.1, -0.05) is 57.2 Å². The number of allylic oxidation sites excluding steroid dienone is 5. The van der Waals surface area contributed by atoms with Gasteiger partial charge >= 0.3 is 0 Å². The molecule has 0 saturated heterocycles. The maximum absolute atomic E-state index is 3.96. The molecule has 0 heteroatoms. The van der Waals surface area contributed by atoms with E-state index in [0.29, 0.717) is 0 Å². The van der Waals surface area contributed by atoms with Gasteiger partial charge in [-0.2, -0.15) is 0 Å². The third kappa shape index (κ3) is 6.39. The molecule has 74 valence electrons. The summed E-state index contributed by atoms with van der Waals surface area (Å²) in [6.07, 6.45) is 12.3. The third-order valence-electron chi connectivity index (χ3n) is 2.04. The van der Waals surface area contributed by atoms with Crippen LogP contribution in [0.15, 0.2) is 36.5 Å². The van der Waals surface area contributed by atoms with Gasteiger partial charge < -0.3 is 0 Å². The Bertz CT molecular complexity index is 184. The summed E-state index contributed by atoms with van der Waals surface area (Å²) in [4.78, 5) is 0. The monoisotopic (exact) mass is 178 g/mol. The van der Waals surface area contributed by atoms with Gasteiger partial charge in [0.2, 0.25) is 0 Å². The molecule has 0 bridgehead atoms. The van der Waals surface area contributed by atoms with E-state index in [1.807, 2.05) is 13.8 Å². The molecule has 1 aliphatic carbocycles. The van der Waals surface area contributed by atoms with E-state index in [1.54, 1.807) is 0 Å². The molecule has 0 fully saturated rings. The lowest BCUT2D eigenvalue weighted by molar-refractivity contribution is 0.609. The molecule has 0 saturated carbocycles. The fourth-order valence-corrected chi connectivity index (χ4v) is 1.28. The van der Waals surface area contributed by atoms with Crippen molar-refractivity contribution in [2.45, 2.75) is 40.0 Å². The van der Waals surface area contributed by atoms with E-state index in [-0.39, 0.29) is 0 Å². The van der Waals surface area contributed by atoms with Crippen LogP contribution in [0.3, 0.4) is 0 Å². The Kier molecular flexibility index (Phi) is 7.38. The Balaban J connectivity index is 0.000000671. The van der Waals surface area contributed by atoms with Crippen molar-refractivity contribution in [1.82, 2.24) is 0 Å². The van der Waals surface area contributed by atoms with Gasteiger partial charge in [-0.05, 0) is 25.2 Å². The van der Waals surface area contributed by atoms with Gasteiger partial charge in [0.1, 0.15) is 0 Å². The zero-order valence-electron chi connectivity index (χ0n) is 9.22. The molecular weight excluding hydrogens is 156 g/mol. The van der Waals surface area contributed by atoms with E-state index in [4.69, 9.17) is 0 Å². The smallest absolute Gasteiger partial charge is 0.0259 e. The van der Waals surface area contributed by atoms with E-state index >= 15 is 0 Å². The van der Waals surface area contributed by atoms with E-state index < -0.39 is 0 Å². The highest BCUT2D eigenvalue weighted by atomic mass is 14.0. The number of rotatable bonds is 0. The summed E-state index contributed by atoms with van der Waals surface area (Å²) in [5, 5.41) is 0. The van der Waals surface area contributed by atoms with E-state index in [0.717, 1.165) is 12.3 Å². The molecule has 1 aliphatic rings. The van der Waals surface area contributed by atoms with Gasteiger partial charge in [0.25, 0.3) is 0 Å². The van der Waals surface area contributed by atoms with Crippen LogP contribution in [0.1, 0.15) is 40.0 Å². The zero-order chi connectivity index (χ0) is 10.1. The largest absolute Gasteiger partial charge is 0.0958 e. The van der Waals surface area contributed by atoms with Crippen molar-refractivity contribution in [2.75, 3.05) is 0 Å². The second kappa shape index (κ2) is 7.85. The zero-order valence-corrected chi connectivity index (χ0v) is 9.22. The lowest BCUT2D eigenvalue weighted by Gasteiger charge is -2.03. The Morgan fingerprint density at radius 1 is 1.31 bits per heavy atom. The molecule has 0 amide bonds. The van der Waals surface area contributed by atoms with Crippen LogP contribution in [-0.2, 0) is 0 Å². The number of hydrogen-bond acceptors (Lipinski definition) is 0. The van der Waals surface area contributed by atoms with E-state index in [1.165, 1.54) is 18.4 Å². The first kappa shape index (κ1) is 12.2. The van der Waals surface area contributed by atoms with Crippen LogP contribution in [0.5, 0.6) is 0 Å². The summed E-state index contributed by atoms with van der Waals surface area (Å²) in [6, 6.07) is 0. The maximum Gasteiger partial charge on any atom is -0.0259 e. The molecule has 1 rings (SSSR count). The molecule has 0 N–H and O–H groups in total. The highest BCUT2D eigenvalue weighted by Crippen LogP contribution is 2.15. The molecule has 0 radical (unpaired) electrons. The van der Waals surface area contributed by atoms with Crippen molar-refractivity contribution in [2.24, 2.45) is 5.92 Å². The lowest BCUT2D eigenvalue weighted by Crippen LogP contribution is -1.88. The van der Waals surface area contributed by atoms with Gasteiger partial charge in [-0.3, -0.25) is 0 Å². The van der Waals surface area contributed by atoms with Gasteiger partial charge in [-0.15, -0.1) is 0 Å². The average Bonchev–Trinajstić information content (AvgIpc) is 2.23. The molecular formula is C13H22. The minimum Gasteiger partial charge on any atom is -0.0958 e. The van der Waals surface area contributed by atoms with Crippen LogP contribution in [0.4, 0.5) is 0 Å². The van der Waals surface area contributed by atoms with Crippen LogP contribution >= 0.6 is 0 Å². The first-order chi connectivity index (χ1) is 6.29. The van der Waals surface area contributed by atoms with Crippen LogP contribution in [-0.4, -0.2) is 0 Å². The Hall–Kier alpha value is -0.780. The Morgan fingerprint density at radius 3 is 2.69 bits per heavy atom. The normalized spacial score (nSPS) is 27.3. The third-order valence-corrected chi connectivity index (χ3v) is 2.04. The SMILES string of the molecule is C=C1/C=C\C=C/C(C)CCC1.CC. The standard InChI is InChI=1S/C11H16.C2H6/c1-10-6-3-4-7-11(2)9-5-8-10;1-2/h3-4,6-7,11H,1,5,8-9H2,2H3;1-2H3/b6-3-,7-4-;. The summed E-state index contributed by atoms with van der Waals surface area (Å²) in [5.74, 6) is 0.727. The maximum atomic E-state index is 3.96. The molecule has 0 aromatic rings. The second-order valence-corrected chi connectivity index (χ2v) is 3.27. The molecule has 1 atom stereocenters. The quantitative estimate of drug-likeness (QED) is 0.512. The van der Waals surface area contributed by atoms with Crippen molar-refractivity contribution in [1.29, 1.82) is 0 Å².